The van der Waals surface area contributed by atoms with E-state index in [1.54, 1.807) is 0 Å². The first-order chi connectivity index (χ1) is 15.3. The summed E-state index contributed by atoms with van der Waals surface area (Å²) in [6, 6.07) is 0.534. The Morgan fingerprint density at radius 1 is 0.387 bits per heavy atom. The summed E-state index contributed by atoms with van der Waals surface area (Å²) >= 11 is 0. The van der Waals surface area contributed by atoms with E-state index in [1.807, 2.05) is 0 Å². The van der Waals surface area contributed by atoms with E-state index in [2.05, 4.69) is 25.6 Å². The van der Waals surface area contributed by atoms with Crippen molar-refractivity contribution < 1.29 is 0 Å². The van der Waals surface area contributed by atoms with Crippen LogP contribution in [0, 0.1) is 0 Å². The third-order valence-corrected chi connectivity index (χ3v) is 7.04. The van der Waals surface area contributed by atoms with Gasteiger partial charge in [0.15, 0.2) is 0 Å². The van der Waals surface area contributed by atoms with E-state index in [4.69, 9.17) is 0 Å². The summed E-state index contributed by atoms with van der Waals surface area (Å²) in [6.45, 7) is 8.46. The second-order valence-corrected chi connectivity index (χ2v) is 10.2. The molecular weight excluding hydrogens is 374 g/mol. The Kier molecular flexibility index (Phi) is 27.4. The minimum atomic E-state index is 0.534. The minimum absolute atomic E-state index is 0.534. The molecule has 1 nitrogen and oxygen atoms in total. The van der Waals surface area contributed by atoms with Gasteiger partial charge in [0.1, 0.15) is 0 Å². The lowest BCUT2D eigenvalue weighted by atomic mass is 10.00. The van der Waals surface area contributed by atoms with Crippen LogP contribution < -0.4 is 0 Å². The highest BCUT2D eigenvalue weighted by molar-refractivity contribution is 5.24. The zero-order valence-corrected chi connectivity index (χ0v) is 22.1. The zero-order valence-electron chi connectivity index (χ0n) is 22.1. The van der Waals surface area contributed by atoms with Crippen LogP contribution in [0.1, 0.15) is 181 Å². The molecule has 1 heteroatoms. The molecule has 0 amide bonds. The molecule has 0 bridgehead atoms. The van der Waals surface area contributed by atoms with Gasteiger partial charge in [-0.05, 0) is 19.6 Å². The summed E-state index contributed by atoms with van der Waals surface area (Å²) in [5, 5.41) is 0. The minimum Gasteiger partial charge on any atom is -0.298 e. The van der Waals surface area contributed by atoms with Crippen LogP contribution in [0.4, 0.5) is 0 Å². The number of aliphatic imine (C=N–C) groups is 1. The van der Waals surface area contributed by atoms with Gasteiger partial charge < -0.3 is 0 Å². The van der Waals surface area contributed by atoms with Crippen LogP contribution >= 0.6 is 0 Å². The number of hydrogen-bond donors (Lipinski definition) is 0. The van der Waals surface area contributed by atoms with Gasteiger partial charge in [0, 0.05) is 6.04 Å². The molecule has 31 heavy (non-hydrogen) atoms. The number of nitrogens with zero attached hydrogens (tertiary/aromatic N) is 1. The topological polar surface area (TPSA) is 12.4 Å². The summed E-state index contributed by atoms with van der Waals surface area (Å²) in [5.41, 5.74) is 0. The van der Waals surface area contributed by atoms with Crippen LogP contribution in [0.2, 0.25) is 0 Å². The fourth-order valence-electron chi connectivity index (χ4n) is 4.77. The fraction of sp³-hybridized carbons (Fsp3) is 0.967. The van der Waals surface area contributed by atoms with Crippen molar-refractivity contribution in [3.63, 3.8) is 0 Å². The lowest BCUT2D eigenvalue weighted by Crippen LogP contribution is -2.03. The molecule has 0 aromatic rings. The second-order valence-electron chi connectivity index (χ2n) is 10.2. The van der Waals surface area contributed by atoms with E-state index in [9.17, 15) is 0 Å². The Hall–Kier alpha value is -0.330. The molecule has 0 N–H and O–H groups in total. The quantitative estimate of drug-likeness (QED) is 0.0898. The van der Waals surface area contributed by atoms with Gasteiger partial charge in [-0.2, -0.15) is 0 Å². The van der Waals surface area contributed by atoms with E-state index in [1.165, 1.54) is 167 Å². The Morgan fingerprint density at radius 2 is 0.613 bits per heavy atom. The van der Waals surface area contributed by atoms with Gasteiger partial charge in [0.2, 0.25) is 0 Å². The predicted octanol–water partition coefficient (Wildman–Crippen LogP) is 11.2. The van der Waals surface area contributed by atoms with E-state index < -0.39 is 0 Å². The Balaban J connectivity index is 3.27. The van der Waals surface area contributed by atoms with Crippen LogP contribution in [0.25, 0.3) is 0 Å². The van der Waals surface area contributed by atoms with Gasteiger partial charge in [-0.15, -0.1) is 0 Å². The molecular formula is C30H61N. The molecule has 186 valence electrons. The number of unbranched alkanes of at least 4 members (excludes halogenated alkanes) is 22. The third-order valence-electron chi connectivity index (χ3n) is 7.04. The molecule has 0 saturated carbocycles. The molecule has 0 fully saturated rings. The molecule has 0 heterocycles. The van der Waals surface area contributed by atoms with Crippen molar-refractivity contribution in [2.45, 2.75) is 187 Å². The lowest BCUT2D eigenvalue weighted by Gasteiger charge is -2.11. The van der Waals surface area contributed by atoms with Crippen molar-refractivity contribution in [3.8, 4) is 0 Å². The van der Waals surface area contributed by atoms with Gasteiger partial charge in [-0.1, -0.05) is 168 Å². The molecule has 0 radical (unpaired) electrons. The standard InChI is InChI=1S/C30H61N/c1-4-6-8-10-12-14-16-18-20-22-24-26-28-30(31-3)29-27-25-23-21-19-17-15-13-11-9-7-5-2/h30H,3-29H2,1-2H3. The predicted molar refractivity (Wildman–Crippen MR) is 145 cm³/mol. The van der Waals surface area contributed by atoms with Crippen LogP contribution in [0.5, 0.6) is 0 Å². The summed E-state index contributed by atoms with van der Waals surface area (Å²) < 4.78 is 0. The second kappa shape index (κ2) is 27.7. The van der Waals surface area contributed by atoms with Crippen molar-refractivity contribution in [1.82, 2.24) is 0 Å². The molecule has 0 spiro atoms. The molecule has 0 aliphatic carbocycles. The highest BCUT2D eigenvalue weighted by atomic mass is 14.7. The van der Waals surface area contributed by atoms with Crippen LogP contribution in [0.3, 0.4) is 0 Å². The molecule has 0 rings (SSSR count). The van der Waals surface area contributed by atoms with Crippen molar-refractivity contribution in [2.24, 2.45) is 4.99 Å². The average molecular weight is 436 g/mol. The van der Waals surface area contributed by atoms with Crippen LogP contribution in [-0.4, -0.2) is 12.8 Å². The van der Waals surface area contributed by atoms with Gasteiger partial charge >= 0.3 is 0 Å². The molecule has 0 aromatic carbocycles. The summed E-state index contributed by atoms with van der Waals surface area (Å²) in [4.78, 5) is 4.42. The third kappa shape index (κ3) is 25.8. The Morgan fingerprint density at radius 3 is 0.839 bits per heavy atom. The maximum atomic E-state index is 4.42. The SMILES string of the molecule is C=NC(CCCCCCCCCCCCCC)CCCCCCCCCCCCCC. The summed E-state index contributed by atoms with van der Waals surface area (Å²) in [7, 11) is 0. The largest absolute Gasteiger partial charge is 0.298 e. The van der Waals surface area contributed by atoms with Crippen molar-refractivity contribution in [2.75, 3.05) is 0 Å². The maximum Gasteiger partial charge on any atom is 0.0492 e. The lowest BCUT2D eigenvalue weighted by molar-refractivity contribution is 0.480. The van der Waals surface area contributed by atoms with Gasteiger partial charge in [0.05, 0.1) is 0 Å². The van der Waals surface area contributed by atoms with Crippen LogP contribution in [0.15, 0.2) is 4.99 Å². The van der Waals surface area contributed by atoms with E-state index in [0.717, 1.165) is 0 Å². The van der Waals surface area contributed by atoms with Crippen molar-refractivity contribution in [3.05, 3.63) is 0 Å². The first kappa shape index (κ1) is 30.7. The van der Waals surface area contributed by atoms with Crippen LogP contribution in [-0.2, 0) is 0 Å². The zero-order chi connectivity index (χ0) is 22.7. The van der Waals surface area contributed by atoms with Gasteiger partial charge in [0.25, 0.3) is 0 Å². The van der Waals surface area contributed by atoms with E-state index >= 15 is 0 Å². The van der Waals surface area contributed by atoms with E-state index in [-0.39, 0.29) is 0 Å². The number of hydrogen-bond acceptors (Lipinski definition) is 1. The highest BCUT2D eigenvalue weighted by Gasteiger charge is 2.05. The maximum absolute atomic E-state index is 4.42. The fourth-order valence-corrected chi connectivity index (χ4v) is 4.77. The van der Waals surface area contributed by atoms with Gasteiger partial charge in [-0.25, -0.2) is 0 Å². The summed E-state index contributed by atoms with van der Waals surface area (Å²) in [6.07, 6.45) is 36.9. The highest BCUT2D eigenvalue weighted by Crippen LogP contribution is 2.17. The molecule has 0 aromatic heterocycles. The molecule has 0 saturated heterocycles. The number of rotatable bonds is 27. The molecule has 0 unspecified atom stereocenters. The van der Waals surface area contributed by atoms with Crippen molar-refractivity contribution >= 4 is 6.72 Å². The Bertz CT molecular complexity index is 296. The van der Waals surface area contributed by atoms with Gasteiger partial charge in [-0.3, -0.25) is 4.99 Å². The summed E-state index contributed by atoms with van der Waals surface area (Å²) in [5.74, 6) is 0. The smallest absolute Gasteiger partial charge is 0.0492 e. The average Bonchev–Trinajstić information content (AvgIpc) is 2.79. The molecule has 0 atom stereocenters. The Labute approximate surface area is 198 Å². The normalized spacial score (nSPS) is 11.5. The van der Waals surface area contributed by atoms with Crippen molar-refractivity contribution in [1.29, 1.82) is 0 Å². The molecule has 0 aliphatic rings. The monoisotopic (exact) mass is 435 g/mol. The molecule has 0 aliphatic heterocycles. The first-order valence-corrected chi connectivity index (χ1v) is 14.8. The van der Waals surface area contributed by atoms with E-state index in [0.29, 0.717) is 6.04 Å². The first-order valence-electron chi connectivity index (χ1n) is 14.8.